The number of nitrogens with one attached hydrogen (secondary N) is 4. The van der Waals surface area contributed by atoms with Crippen molar-refractivity contribution in [3.8, 4) is 0 Å². The van der Waals surface area contributed by atoms with Gasteiger partial charge in [0.1, 0.15) is 5.76 Å². The first-order chi connectivity index (χ1) is 15.7. The minimum atomic E-state index is -0.645. The summed E-state index contributed by atoms with van der Waals surface area (Å²) < 4.78 is 0. The number of thiocarbonyl (C=S) groups is 1. The standard InChI is InChI=1S/C23H28N6O3S/c1-5-24-23(33)27-18-10-7-11-19(13-18)28-29-20(15(4)30)22(32)26-17-9-6-8-16(12-17)25-21(31)14(2)3/h6-14,30H,5H2,1-4H3,(H,25,31)(H,26,32)(H2,24,27,33). The quantitative estimate of drug-likeness (QED) is 0.159. The maximum atomic E-state index is 12.7. The molecule has 0 fully saturated rings. The summed E-state index contributed by atoms with van der Waals surface area (Å²) in [6, 6.07) is 13.7. The van der Waals surface area contributed by atoms with Crippen LogP contribution in [0.3, 0.4) is 0 Å². The summed E-state index contributed by atoms with van der Waals surface area (Å²) >= 11 is 5.17. The maximum absolute atomic E-state index is 12.7. The molecule has 0 radical (unpaired) electrons. The van der Waals surface area contributed by atoms with Gasteiger partial charge in [-0.1, -0.05) is 26.0 Å². The molecule has 0 aliphatic rings. The summed E-state index contributed by atoms with van der Waals surface area (Å²) in [5.41, 5.74) is 1.89. The number of rotatable bonds is 8. The van der Waals surface area contributed by atoms with Gasteiger partial charge in [0.05, 0.1) is 5.69 Å². The van der Waals surface area contributed by atoms with Crippen LogP contribution in [-0.2, 0) is 9.59 Å². The number of benzene rings is 2. The number of hydrogen-bond donors (Lipinski definition) is 5. The summed E-state index contributed by atoms with van der Waals surface area (Å²) in [6.45, 7) is 7.55. The predicted octanol–water partition coefficient (Wildman–Crippen LogP) is 5.10. The third kappa shape index (κ3) is 8.34. The van der Waals surface area contributed by atoms with Crippen LogP contribution in [0.2, 0.25) is 0 Å². The normalized spacial score (nSPS) is 11.7. The van der Waals surface area contributed by atoms with Crippen molar-refractivity contribution in [1.82, 2.24) is 5.32 Å². The molecule has 2 rings (SSSR count). The molecule has 0 aromatic heterocycles. The molecule has 2 amide bonds. The highest BCUT2D eigenvalue weighted by Gasteiger charge is 2.14. The van der Waals surface area contributed by atoms with E-state index in [0.717, 1.165) is 0 Å². The van der Waals surface area contributed by atoms with E-state index in [4.69, 9.17) is 12.2 Å². The van der Waals surface area contributed by atoms with E-state index in [1.807, 2.05) is 13.0 Å². The van der Waals surface area contributed by atoms with Gasteiger partial charge < -0.3 is 26.4 Å². The molecular weight excluding hydrogens is 440 g/mol. The van der Waals surface area contributed by atoms with E-state index in [0.29, 0.717) is 34.4 Å². The predicted molar refractivity (Wildman–Crippen MR) is 135 cm³/mol. The smallest absolute Gasteiger partial charge is 0.279 e. The lowest BCUT2D eigenvalue weighted by Gasteiger charge is -2.10. The second kappa shape index (κ2) is 12.3. The molecule has 33 heavy (non-hydrogen) atoms. The van der Waals surface area contributed by atoms with Crippen molar-refractivity contribution in [2.24, 2.45) is 16.1 Å². The number of azo groups is 1. The minimum absolute atomic E-state index is 0.137. The van der Waals surface area contributed by atoms with Crippen molar-refractivity contribution in [2.75, 3.05) is 22.5 Å². The van der Waals surface area contributed by atoms with Crippen LogP contribution in [0.25, 0.3) is 0 Å². The molecule has 2 aromatic rings. The summed E-state index contributed by atoms with van der Waals surface area (Å²) in [5, 5.41) is 29.9. The molecule has 0 unspecified atom stereocenters. The number of aliphatic hydroxyl groups excluding tert-OH is 1. The minimum Gasteiger partial charge on any atom is -0.510 e. The third-order valence-corrected chi connectivity index (χ3v) is 4.42. The van der Waals surface area contributed by atoms with Gasteiger partial charge in [0.15, 0.2) is 10.8 Å². The van der Waals surface area contributed by atoms with Crippen LogP contribution in [0.5, 0.6) is 0 Å². The Labute approximate surface area is 198 Å². The highest BCUT2D eigenvalue weighted by molar-refractivity contribution is 7.80. The molecule has 174 valence electrons. The Morgan fingerprint density at radius 2 is 1.61 bits per heavy atom. The summed E-state index contributed by atoms with van der Waals surface area (Å²) in [7, 11) is 0. The summed E-state index contributed by atoms with van der Waals surface area (Å²) in [4.78, 5) is 24.6. The van der Waals surface area contributed by atoms with Crippen molar-refractivity contribution < 1.29 is 14.7 Å². The van der Waals surface area contributed by atoms with E-state index in [1.54, 1.807) is 56.3 Å². The van der Waals surface area contributed by atoms with Crippen LogP contribution in [0.1, 0.15) is 27.7 Å². The Balaban J connectivity index is 2.13. The van der Waals surface area contributed by atoms with Crippen molar-refractivity contribution in [2.45, 2.75) is 27.7 Å². The number of carbonyl (C=O) groups excluding carboxylic acids is 2. The van der Waals surface area contributed by atoms with Crippen LogP contribution in [0.15, 0.2) is 70.2 Å². The van der Waals surface area contributed by atoms with Gasteiger partial charge in [-0.2, -0.15) is 5.11 Å². The van der Waals surface area contributed by atoms with Gasteiger partial charge in [-0.3, -0.25) is 9.59 Å². The molecule has 9 nitrogen and oxygen atoms in total. The molecular formula is C23H28N6O3S. The number of hydrogen-bond acceptors (Lipinski definition) is 6. The molecule has 0 bridgehead atoms. The summed E-state index contributed by atoms with van der Waals surface area (Å²) in [5.74, 6) is -1.25. The molecule has 0 aliphatic heterocycles. The average Bonchev–Trinajstić information content (AvgIpc) is 2.74. The zero-order chi connectivity index (χ0) is 24.4. The van der Waals surface area contributed by atoms with Gasteiger partial charge in [-0.05, 0) is 62.5 Å². The van der Waals surface area contributed by atoms with E-state index in [9.17, 15) is 14.7 Å². The Morgan fingerprint density at radius 3 is 2.21 bits per heavy atom. The number of amides is 2. The molecule has 0 saturated carbocycles. The van der Waals surface area contributed by atoms with Crippen LogP contribution >= 0.6 is 12.2 Å². The molecule has 0 aliphatic carbocycles. The maximum Gasteiger partial charge on any atom is 0.279 e. The largest absolute Gasteiger partial charge is 0.510 e. The lowest BCUT2D eigenvalue weighted by molar-refractivity contribution is -0.119. The van der Waals surface area contributed by atoms with E-state index >= 15 is 0 Å². The van der Waals surface area contributed by atoms with E-state index < -0.39 is 5.91 Å². The first-order valence-corrected chi connectivity index (χ1v) is 10.8. The number of nitrogens with zero attached hydrogens (tertiary/aromatic N) is 2. The summed E-state index contributed by atoms with van der Waals surface area (Å²) in [6.07, 6.45) is 0. The van der Waals surface area contributed by atoms with Crippen LogP contribution < -0.4 is 21.3 Å². The molecule has 10 heteroatoms. The number of anilines is 3. The van der Waals surface area contributed by atoms with Crippen molar-refractivity contribution in [3.05, 3.63) is 60.0 Å². The lowest BCUT2D eigenvalue weighted by Crippen LogP contribution is -2.27. The average molecular weight is 469 g/mol. The van der Waals surface area contributed by atoms with E-state index in [2.05, 4.69) is 31.5 Å². The Morgan fingerprint density at radius 1 is 1.00 bits per heavy atom. The zero-order valence-electron chi connectivity index (χ0n) is 19.0. The molecule has 0 atom stereocenters. The van der Waals surface area contributed by atoms with Gasteiger partial charge in [-0.15, -0.1) is 5.11 Å². The Bertz CT molecular complexity index is 1080. The molecule has 5 N–H and O–H groups in total. The van der Waals surface area contributed by atoms with Crippen LogP contribution in [0.4, 0.5) is 22.7 Å². The van der Waals surface area contributed by atoms with Gasteiger partial charge in [0.25, 0.3) is 5.91 Å². The van der Waals surface area contributed by atoms with E-state index in [-0.39, 0.29) is 23.3 Å². The molecule has 0 saturated heterocycles. The van der Waals surface area contributed by atoms with Crippen molar-refractivity contribution in [3.63, 3.8) is 0 Å². The van der Waals surface area contributed by atoms with Gasteiger partial charge >= 0.3 is 0 Å². The fourth-order valence-electron chi connectivity index (χ4n) is 2.52. The number of aliphatic hydroxyl groups is 1. The molecule has 2 aromatic carbocycles. The Kier molecular flexibility index (Phi) is 9.49. The first-order valence-electron chi connectivity index (χ1n) is 10.4. The number of allylic oxidation sites excluding steroid dienone is 1. The molecule has 0 spiro atoms. The monoisotopic (exact) mass is 468 g/mol. The third-order valence-electron chi connectivity index (χ3n) is 4.18. The van der Waals surface area contributed by atoms with Gasteiger partial charge in [0.2, 0.25) is 5.91 Å². The fourth-order valence-corrected chi connectivity index (χ4v) is 2.79. The van der Waals surface area contributed by atoms with Gasteiger partial charge in [-0.25, -0.2) is 0 Å². The number of carbonyl (C=O) groups is 2. The van der Waals surface area contributed by atoms with E-state index in [1.165, 1.54) is 6.92 Å². The molecule has 0 heterocycles. The van der Waals surface area contributed by atoms with Crippen LogP contribution in [0, 0.1) is 5.92 Å². The van der Waals surface area contributed by atoms with Crippen LogP contribution in [-0.4, -0.2) is 28.6 Å². The second-order valence-electron chi connectivity index (χ2n) is 7.35. The highest BCUT2D eigenvalue weighted by Crippen LogP contribution is 2.21. The second-order valence-corrected chi connectivity index (χ2v) is 7.76. The topological polar surface area (TPSA) is 127 Å². The van der Waals surface area contributed by atoms with Crippen molar-refractivity contribution in [1.29, 1.82) is 0 Å². The SMILES string of the molecule is CCNC(=S)Nc1cccc(N=NC(C(=O)Nc2cccc(NC(=O)C(C)C)c2)=C(C)O)c1. The van der Waals surface area contributed by atoms with Crippen molar-refractivity contribution >= 4 is 51.9 Å². The zero-order valence-corrected chi connectivity index (χ0v) is 19.8. The Hall–Kier alpha value is -3.79. The highest BCUT2D eigenvalue weighted by atomic mass is 32.1. The first kappa shape index (κ1) is 25.5. The lowest BCUT2D eigenvalue weighted by atomic mass is 10.2. The van der Waals surface area contributed by atoms with Gasteiger partial charge in [0, 0.05) is 29.5 Å². The fraction of sp³-hybridized carbons (Fsp3) is 0.261.